The molecule has 0 unspecified atom stereocenters. The predicted molar refractivity (Wildman–Crippen MR) is 224 cm³/mol. The molecule has 4 heteroatoms. The zero-order chi connectivity index (χ0) is 39.7. The standard InChI is InChI=1S/C50H48N4/c1-47(2,3)33-17-29(18-34(21-33)48(4,5)6)41-23-43(31(25-51)26-52)39-16-14-38-42(30-19-35(49(7,8)9)22-36(20-30)50(10,11)12)24-44(32(27-53)28-54)40-15-13-37(41)45(39)46(38)40/h13-24H,1-12H3. The molecule has 0 atom stereocenters. The molecule has 268 valence electrons. The Balaban J connectivity index is 1.93. The van der Waals surface area contributed by atoms with Gasteiger partial charge in [-0.15, -0.1) is 0 Å². The van der Waals surface area contributed by atoms with E-state index in [2.05, 4.69) is 156 Å². The van der Waals surface area contributed by atoms with Crippen molar-refractivity contribution in [2.24, 2.45) is 0 Å². The highest BCUT2D eigenvalue weighted by molar-refractivity contribution is 6.28. The third kappa shape index (κ3) is 6.49. The van der Waals surface area contributed by atoms with E-state index in [4.69, 9.17) is 0 Å². The van der Waals surface area contributed by atoms with Crippen molar-refractivity contribution in [2.75, 3.05) is 0 Å². The van der Waals surface area contributed by atoms with E-state index in [1.54, 1.807) is 0 Å². The number of nitriles is 4. The minimum Gasteiger partial charge on any atom is -0.192 e. The molecular weight excluding hydrogens is 657 g/mol. The van der Waals surface area contributed by atoms with E-state index in [1.165, 1.54) is 22.3 Å². The van der Waals surface area contributed by atoms with Crippen LogP contribution in [0.4, 0.5) is 0 Å². The van der Waals surface area contributed by atoms with Crippen molar-refractivity contribution in [3.05, 3.63) is 105 Å². The van der Waals surface area contributed by atoms with Gasteiger partial charge in [0.05, 0.1) is 0 Å². The molecule has 6 aromatic rings. The van der Waals surface area contributed by atoms with Crippen LogP contribution in [0.25, 0.3) is 65.7 Å². The van der Waals surface area contributed by atoms with Gasteiger partial charge in [0, 0.05) is 10.4 Å². The van der Waals surface area contributed by atoms with Crippen LogP contribution in [0.3, 0.4) is 0 Å². The highest BCUT2D eigenvalue weighted by atomic mass is 14.3. The van der Waals surface area contributed by atoms with Crippen LogP contribution >= 0.6 is 0 Å². The minimum absolute atomic E-state index is 0.0339. The molecule has 6 rings (SSSR count). The molecule has 0 aliphatic rings. The number of hydrogen-bond donors (Lipinski definition) is 0. The van der Waals surface area contributed by atoms with Gasteiger partial charge in [-0.3, -0.25) is 0 Å². The minimum atomic E-state index is -0.128. The van der Waals surface area contributed by atoms with E-state index >= 15 is 0 Å². The van der Waals surface area contributed by atoms with Crippen molar-refractivity contribution in [1.82, 2.24) is 0 Å². The second-order valence-corrected chi connectivity index (χ2v) is 18.8. The van der Waals surface area contributed by atoms with E-state index in [-0.39, 0.29) is 32.8 Å². The quantitative estimate of drug-likeness (QED) is 0.168. The maximum atomic E-state index is 10.3. The summed E-state index contributed by atoms with van der Waals surface area (Å²) in [6.07, 6.45) is 0. The maximum absolute atomic E-state index is 10.3. The molecular formula is C50H48N4. The second kappa shape index (κ2) is 12.9. The highest BCUT2D eigenvalue weighted by Crippen LogP contribution is 2.43. The van der Waals surface area contributed by atoms with Gasteiger partial charge in [0.2, 0.25) is 0 Å². The summed E-state index contributed by atoms with van der Waals surface area (Å²) < 4.78 is 0. The lowest BCUT2D eigenvalue weighted by atomic mass is 9.77. The maximum Gasteiger partial charge on any atom is 0.137 e. The van der Waals surface area contributed by atoms with Crippen LogP contribution < -0.4 is 10.4 Å². The Morgan fingerprint density at radius 2 is 0.630 bits per heavy atom. The molecule has 0 radical (unpaired) electrons. The van der Waals surface area contributed by atoms with E-state index in [1.807, 2.05) is 24.3 Å². The van der Waals surface area contributed by atoms with E-state index in [9.17, 15) is 21.0 Å². The average molecular weight is 705 g/mol. The summed E-state index contributed by atoms with van der Waals surface area (Å²) in [5.41, 5.74) is 8.21. The Morgan fingerprint density at radius 1 is 0.370 bits per heavy atom. The molecule has 4 nitrogen and oxygen atoms in total. The zero-order valence-electron chi connectivity index (χ0n) is 33.7. The van der Waals surface area contributed by atoms with E-state index < -0.39 is 0 Å². The molecule has 0 heterocycles. The van der Waals surface area contributed by atoms with Gasteiger partial charge in [-0.25, -0.2) is 0 Å². The first kappa shape index (κ1) is 37.8. The number of benzene rings is 6. The molecule has 0 bridgehead atoms. The largest absolute Gasteiger partial charge is 0.192 e. The normalized spacial score (nSPS) is 12.4. The van der Waals surface area contributed by atoms with Crippen LogP contribution in [0.1, 0.15) is 105 Å². The van der Waals surface area contributed by atoms with Gasteiger partial charge in [0.15, 0.2) is 0 Å². The van der Waals surface area contributed by atoms with Crippen molar-refractivity contribution in [1.29, 1.82) is 21.0 Å². The number of nitrogens with zero attached hydrogens (tertiary/aromatic N) is 4. The summed E-state index contributed by atoms with van der Waals surface area (Å²) in [6.45, 7) is 26.6. The molecule has 0 spiro atoms. The third-order valence-electron chi connectivity index (χ3n) is 10.8. The van der Waals surface area contributed by atoms with Crippen molar-refractivity contribution < 1.29 is 0 Å². The molecule has 0 saturated heterocycles. The summed E-state index contributed by atoms with van der Waals surface area (Å²) >= 11 is 0. The van der Waals surface area contributed by atoms with Gasteiger partial charge in [0.1, 0.15) is 35.4 Å². The molecule has 0 amide bonds. The van der Waals surface area contributed by atoms with E-state index in [0.717, 1.165) is 54.6 Å². The molecule has 0 saturated carbocycles. The zero-order valence-corrected chi connectivity index (χ0v) is 33.7. The molecule has 54 heavy (non-hydrogen) atoms. The lowest BCUT2D eigenvalue weighted by Gasteiger charge is -2.27. The topological polar surface area (TPSA) is 95.2 Å². The molecule has 0 fully saturated rings. The molecule has 0 aromatic heterocycles. The van der Waals surface area contributed by atoms with Gasteiger partial charge < -0.3 is 0 Å². The van der Waals surface area contributed by atoms with Crippen LogP contribution in [-0.4, -0.2) is 0 Å². The van der Waals surface area contributed by atoms with Gasteiger partial charge in [-0.05, 0) is 111 Å². The second-order valence-electron chi connectivity index (χ2n) is 18.8. The highest BCUT2D eigenvalue weighted by Gasteiger charge is 2.25. The fraction of sp³-hybridized carbons (Fsp3) is 0.320. The molecule has 6 aromatic carbocycles. The van der Waals surface area contributed by atoms with Gasteiger partial charge >= 0.3 is 0 Å². The van der Waals surface area contributed by atoms with Crippen LogP contribution in [-0.2, 0) is 21.7 Å². The Hall–Kier alpha value is -5.94. The smallest absolute Gasteiger partial charge is 0.137 e. The van der Waals surface area contributed by atoms with Crippen molar-refractivity contribution in [2.45, 2.75) is 105 Å². The first-order valence-corrected chi connectivity index (χ1v) is 18.6. The SMILES string of the molecule is CC(C)(C)c1cc(-c2cc(=C(C#N)C#N)c3ccc4c(-c5cc(C(C)(C)C)cc(C(C)(C)C)c5)cc(=C(C#N)C#N)c5ccc2c3c45)cc(C(C)(C)C)c1. The fourth-order valence-corrected chi connectivity index (χ4v) is 7.47. The Labute approximate surface area is 320 Å². The summed E-state index contributed by atoms with van der Waals surface area (Å²) in [5, 5.41) is 47.7. The van der Waals surface area contributed by atoms with Crippen molar-refractivity contribution in [3.63, 3.8) is 0 Å². The monoisotopic (exact) mass is 704 g/mol. The summed E-state index contributed by atoms with van der Waals surface area (Å²) in [7, 11) is 0. The predicted octanol–water partition coefficient (Wildman–Crippen LogP) is 11.5. The van der Waals surface area contributed by atoms with Crippen molar-refractivity contribution >= 4 is 43.5 Å². The summed E-state index contributed by atoms with van der Waals surface area (Å²) in [4.78, 5) is 0. The van der Waals surface area contributed by atoms with Crippen LogP contribution in [0.15, 0.2) is 72.8 Å². The van der Waals surface area contributed by atoms with Crippen LogP contribution in [0.5, 0.6) is 0 Å². The number of rotatable bonds is 2. The Kier molecular flexibility index (Phi) is 9.01. The fourth-order valence-electron chi connectivity index (χ4n) is 7.47. The number of hydrogen-bond acceptors (Lipinski definition) is 4. The van der Waals surface area contributed by atoms with Gasteiger partial charge in [-0.2, -0.15) is 21.0 Å². The third-order valence-corrected chi connectivity index (χ3v) is 10.8. The first-order chi connectivity index (χ1) is 25.1. The first-order valence-electron chi connectivity index (χ1n) is 18.6. The molecule has 0 N–H and O–H groups in total. The Bertz CT molecular complexity index is 2540. The Morgan fingerprint density at radius 3 is 0.870 bits per heavy atom. The average Bonchev–Trinajstić information content (AvgIpc) is 3.10. The van der Waals surface area contributed by atoms with Gasteiger partial charge in [0.25, 0.3) is 0 Å². The summed E-state index contributed by atoms with van der Waals surface area (Å²) in [6, 6.07) is 34.5. The molecule has 0 aliphatic heterocycles. The van der Waals surface area contributed by atoms with Crippen molar-refractivity contribution in [3.8, 4) is 46.5 Å². The van der Waals surface area contributed by atoms with Crippen LogP contribution in [0, 0.1) is 45.3 Å². The van der Waals surface area contributed by atoms with Gasteiger partial charge in [-0.1, -0.05) is 144 Å². The van der Waals surface area contributed by atoms with E-state index in [0.29, 0.717) is 10.4 Å². The molecule has 0 aliphatic carbocycles. The lowest BCUT2D eigenvalue weighted by molar-refractivity contribution is 0.568. The van der Waals surface area contributed by atoms with Crippen LogP contribution in [0.2, 0.25) is 0 Å². The summed E-state index contributed by atoms with van der Waals surface area (Å²) in [5.74, 6) is 0. The lowest BCUT2D eigenvalue weighted by Crippen LogP contribution is -2.17.